The summed E-state index contributed by atoms with van der Waals surface area (Å²) in [5.41, 5.74) is 12.7. The van der Waals surface area contributed by atoms with E-state index in [0.29, 0.717) is 5.69 Å². The quantitative estimate of drug-likeness (QED) is 0.631. The van der Waals surface area contributed by atoms with E-state index >= 15 is 0 Å². The minimum absolute atomic E-state index is 0.0765. The predicted molar refractivity (Wildman–Crippen MR) is 117 cm³/mol. The summed E-state index contributed by atoms with van der Waals surface area (Å²) in [7, 11) is 0. The molecule has 3 aromatic rings. The average Bonchev–Trinajstić information content (AvgIpc) is 3.10. The normalized spacial score (nSPS) is 16.9. The van der Waals surface area contributed by atoms with Gasteiger partial charge in [0.2, 0.25) is 0 Å². The lowest BCUT2D eigenvalue weighted by Gasteiger charge is -2.34. The Balaban J connectivity index is 1.38. The summed E-state index contributed by atoms with van der Waals surface area (Å²) >= 11 is 0. The van der Waals surface area contributed by atoms with E-state index in [0.717, 1.165) is 33.4 Å². The SMILES string of the molecule is Nc1ccc2c(c1)CN(C(=O)OCC1c3ccccc3-c3ccccc31)C(C(=O)O)C2. The second kappa shape index (κ2) is 7.47. The lowest BCUT2D eigenvalue weighted by molar-refractivity contribution is -0.143. The summed E-state index contributed by atoms with van der Waals surface area (Å²) in [5.74, 6) is -1.12. The topological polar surface area (TPSA) is 92.9 Å². The number of anilines is 1. The number of amides is 1. The second-order valence-electron chi connectivity index (χ2n) is 8.02. The molecule has 5 rings (SSSR count). The summed E-state index contributed by atoms with van der Waals surface area (Å²) in [4.78, 5) is 26.1. The maximum Gasteiger partial charge on any atom is 0.410 e. The number of aliphatic carboxylic acids is 1. The van der Waals surface area contributed by atoms with Crippen molar-refractivity contribution in [3.8, 4) is 11.1 Å². The fourth-order valence-corrected chi connectivity index (χ4v) is 4.69. The third kappa shape index (κ3) is 3.30. The molecule has 0 saturated heterocycles. The van der Waals surface area contributed by atoms with Crippen LogP contribution in [0, 0.1) is 0 Å². The first-order chi connectivity index (χ1) is 15.0. The Hall–Kier alpha value is -3.80. The van der Waals surface area contributed by atoms with E-state index in [4.69, 9.17) is 10.5 Å². The molecule has 1 aliphatic carbocycles. The second-order valence-corrected chi connectivity index (χ2v) is 8.02. The molecule has 1 amide bonds. The summed E-state index contributed by atoms with van der Waals surface area (Å²) in [6.07, 6.45) is -0.392. The fourth-order valence-electron chi connectivity index (χ4n) is 4.69. The van der Waals surface area contributed by atoms with Crippen LogP contribution in [0.3, 0.4) is 0 Å². The number of rotatable bonds is 3. The lowest BCUT2D eigenvalue weighted by Crippen LogP contribution is -2.49. The molecule has 3 aromatic carbocycles. The Labute approximate surface area is 179 Å². The number of ether oxygens (including phenoxy) is 1. The standard InChI is InChI=1S/C25H22N2O4/c26-17-10-9-15-12-23(24(28)29)27(13-16(15)11-17)25(30)31-14-22-20-7-3-1-5-18(20)19-6-2-4-8-21(19)22/h1-11,22-23H,12-14,26H2,(H,28,29). The Bertz CT molecular complexity index is 1140. The van der Waals surface area contributed by atoms with Crippen LogP contribution in [0.2, 0.25) is 0 Å². The van der Waals surface area contributed by atoms with Gasteiger partial charge in [-0.2, -0.15) is 0 Å². The van der Waals surface area contributed by atoms with E-state index in [9.17, 15) is 14.7 Å². The number of nitrogens with zero attached hydrogens (tertiary/aromatic N) is 1. The predicted octanol–water partition coefficient (Wildman–Crippen LogP) is 4.03. The van der Waals surface area contributed by atoms with Gasteiger partial charge < -0.3 is 15.6 Å². The van der Waals surface area contributed by atoms with Crippen LogP contribution in [0.1, 0.15) is 28.2 Å². The van der Waals surface area contributed by atoms with Gasteiger partial charge >= 0.3 is 12.1 Å². The average molecular weight is 414 g/mol. The van der Waals surface area contributed by atoms with E-state index in [1.807, 2.05) is 42.5 Å². The van der Waals surface area contributed by atoms with E-state index in [1.165, 1.54) is 4.90 Å². The number of fused-ring (bicyclic) bond motifs is 4. The molecule has 2 aliphatic rings. The lowest BCUT2D eigenvalue weighted by atomic mass is 9.94. The van der Waals surface area contributed by atoms with Crippen LogP contribution in [0.4, 0.5) is 10.5 Å². The monoisotopic (exact) mass is 414 g/mol. The van der Waals surface area contributed by atoms with Crippen LogP contribution in [0.5, 0.6) is 0 Å². The molecule has 31 heavy (non-hydrogen) atoms. The molecule has 6 nitrogen and oxygen atoms in total. The number of carbonyl (C=O) groups excluding carboxylic acids is 1. The molecular formula is C25H22N2O4. The van der Waals surface area contributed by atoms with Crippen LogP contribution in [0.15, 0.2) is 66.7 Å². The number of hydrogen-bond donors (Lipinski definition) is 2. The molecular weight excluding hydrogens is 392 g/mol. The van der Waals surface area contributed by atoms with Crippen molar-refractivity contribution < 1.29 is 19.4 Å². The molecule has 0 bridgehead atoms. The number of benzene rings is 3. The first kappa shape index (κ1) is 19.2. The Kier molecular flexibility index (Phi) is 4.62. The van der Waals surface area contributed by atoms with Gasteiger partial charge in [-0.3, -0.25) is 4.90 Å². The van der Waals surface area contributed by atoms with Crippen molar-refractivity contribution >= 4 is 17.7 Å². The number of carboxylic acid groups (broad SMARTS) is 1. The van der Waals surface area contributed by atoms with Gasteiger partial charge in [0.25, 0.3) is 0 Å². The molecule has 0 spiro atoms. The molecule has 0 aromatic heterocycles. The highest BCUT2D eigenvalue weighted by Crippen LogP contribution is 2.44. The van der Waals surface area contributed by atoms with E-state index in [2.05, 4.69) is 12.1 Å². The zero-order valence-corrected chi connectivity index (χ0v) is 16.8. The van der Waals surface area contributed by atoms with Crippen molar-refractivity contribution in [2.75, 3.05) is 12.3 Å². The summed E-state index contributed by atoms with van der Waals surface area (Å²) in [6.45, 7) is 0.313. The van der Waals surface area contributed by atoms with Gasteiger partial charge in [-0.1, -0.05) is 54.6 Å². The highest BCUT2D eigenvalue weighted by molar-refractivity contribution is 5.82. The molecule has 6 heteroatoms. The molecule has 1 unspecified atom stereocenters. The van der Waals surface area contributed by atoms with Crippen molar-refractivity contribution in [2.24, 2.45) is 0 Å². The molecule has 0 saturated carbocycles. The maximum atomic E-state index is 13.0. The molecule has 0 fully saturated rings. The summed E-state index contributed by atoms with van der Waals surface area (Å²) < 4.78 is 5.70. The van der Waals surface area contributed by atoms with Crippen LogP contribution in [0.25, 0.3) is 11.1 Å². The molecule has 0 radical (unpaired) electrons. The zero-order valence-electron chi connectivity index (χ0n) is 16.8. The highest BCUT2D eigenvalue weighted by Gasteiger charge is 2.37. The van der Waals surface area contributed by atoms with Gasteiger partial charge in [0.15, 0.2) is 0 Å². The largest absolute Gasteiger partial charge is 0.480 e. The van der Waals surface area contributed by atoms with Gasteiger partial charge in [0, 0.05) is 18.0 Å². The first-order valence-electron chi connectivity index (χ1n) is 10.2. The number of nitrogen functional groups attached to an aromatic ring is 1. The first-order valence-corrected chi connectivity index (χ1v) is 10.2. The fraction of sp³-hybridized carbons (Fsp3) is 0.200. The van der Waals surface area contributed by atoms with Crippen LogP contribution >= 0.6 is 0 Å². The third-order valence-electron chi connectivity index (χ3n) is 6.22. The van der Waals surface area contributed by atoms with Gasteiger partial charge in [-0.25, -0.2) is 9.59 Å². The molecule has 1 aliphatic heterocycles. The molecule has 1 heterocycles. The summed E-state index contributed by atoms with van der Waals surface area (Å²) in [5, 5.41) is 9.70. The Morgan fingerprint density at radius 3 is 2.26 bits per heavy atom. The van der Waals surface area contributed by atoms with Crippen molar-refractivity contribution in [2.45, 2.75) is 24.9 Å². The number of hydrogen-bond acceptors (Lipinski definition) is 4. The molecule has 3 N–H and O–H groups in total. The van der Waals surface area contributed by atoms with Crippen molar-refractivity contribution in [1.29, 1.82) is 0 Å². The van der Waals surface area contributed by atoms with E-state index in [-0.39, 0.29) is 25.5 Å². The van der Waals surface area contributed by atoms with Gasteiger partial charge in [0.1, 0.15) is 12.6 Å². The van der Waals surface area contributed by atoms with Crippen molar-refractivity contribution in [3.63, 3.8) is 0 Å². The highest BCUT2D eigenvalue weighted by atomic mass is 16.6. The van der Waals surface area contributed by atoms with Crippen LogP contribution in [-0.2, 0) is 22.5 Å². The minimum atomic E-state index is -1.05. The van der Waals surface area contributed by atoms with Gasteiger partial charge in [-0.15, -0.1) is 0 Å². The Morgan fingerprint density at radius 2 is 1.61 bits per heavy atom. The number of nitrogens with two attached hydrogens (primary N) is 1. The summed E-state index contributed by atoms with van der Waals surface area (Å²) in [6, 6.07) is 20.6. The van der Waals surface area contributed by atoms with Crippen molar-refractivity contribution in [1.82, 2.24) is 4.90 Å². The van der Waals surface area contributed by atoms with Crippen molar-refractivity contribution in [3.05, 3.63) is 89.0 Å². The molecule has 156 valence electrons. The minimum Gasteiger partial charge on any atom is -0.480 e. The van der Waals surface area contributed by atoms with Gasteiger partial charge in [0.05, 0.1) is 6.54 Å². The van der Waals surface area contributed by atoms with E-state index < -0.39 is 18.1 Å². The Morgan fingerprint density at radius 1 is 0.968 bits per heavy atom. The van der Waals surface area contributed by atoms with Gasteiger partial charge in [-0.05, 0) is 45.5 Å². The number of carbonyl (C=O) groups is 2. The van der Waals surface area contributed by atoms with Crippen LogP contribution < -0.4 is 5.73 Å². The molecule has 1 atom stereocenters. The zero-order chi connectivity index (χ0) is 21.5. The van der Waals surface area contributed by atoms with Crippen LogP contribution in [-0.4, -0.2) is 34.7 Å². The number of carboxylic acids is 1. The van der Waals surface area contributed by atoms with E-state index in [1.54, 1.807) is 12.1 Å². The smallest absolute Gasteiger partial charge is 0.410 e. The third-order valence-corrected chi connectivity index (χ3v) is 6.22. The maximum absolute atomic E-state index is 13.0.